The first kappa shape index (κ1) is 12.1. The molecule has 0 bridgehead atoms. The number of hydrogen-bond acceptors (Lipinski definition) is 4. The second kappa shape index (κ2) is 5.29. The van der Waals surface area contributed by atoms with Gasteiger partial charge in [0.05, 0.1) is 4.47 Å². The number of hydrogen-bond donors (Lipinski definition) is 1. The van der Waals surface area contributed by atoms with E-state index < -0.39 is 0 Å². The Kier molecular flexibility index (Phi) is 4.00. The molecule has 1 aromatic rings. The molecule has 1 saturated carbocycles. The Hall–Kier alpha value is -0.390. The van der Waals surface area contributed by atoms with Gasteiger partial charge in [-0.05, 0) is 47.4 Å². The van der Waals surface area contributed by atoms with E-state index >= 15 is 0 Å². The number of anilines is 1. The molecule has 0 amide bonds. The Labute approximate surface area is 109 Å². The summed E-state index contributed by atoms with van der Waals surface area (Å²) < 4.78 is 0.839. The molecule has 0 unspecified atom stereocenters. The molecule has 1 N–H and O–H groups in total. The van der Waals surface area contributed by atoms with Crippen molar-refractivity contribution < 1.29 is 0 Å². The summed E-state index contributed by atoms with van der Waals surface area (Å²) in [4.78, 5) is 10.4. The zero-order chi connectivity index (χ0) is 11.5. The highest BCUT2D eigenvalue weighted by Crippen LogP contribution is 2.25. The van der Waals surface area contributed by atoms with E-state index in [-0.39, 0.29) is 5.28 Å². The van der Waals surface area contributed by atoms with Gasteiger partial charge in [0.15, 0.2) is 0 Å². The van der Waals surface area contributed by atoms with Crippen molar-refractivity contribution in [2.75, 3.05) is 25.5 Å². The van der Waals surface area contributed by atoms with Gasteiger partial charge in [0.2, 0.25) is 5.28 Å². The zero-order valence-corrected chi connectivity index (χ0v) is 11.4. The van der Waals surface area contributed by atoms with Crippen LogP contribution in [-0.2, 0) is 0 Å². The summed E-state index contributed by atoms with van der Waals surface area (Å²) in [5.41, 5.74) is 0. The molecular weight excluding hydrogens is 291 g/mol. The molecule has 0 saturated heterocycles. The molecule has 1 aromatic heterocycles. The van der Waals surface area contributed by atoms with Gasteiger partial charge in [-0.1, -0.05) is 0 Å². The van der Waals surface area contributed by atoms with E-state index in [1.807, 2.05) is 0 Å². The van der Waals surface area contributed by atoms with Gasteiger partial charge < -0.3 is 10.2 Å². The van der Waals surface area contributed by atoms with Gasteiger partial charge in [0.1, 0.15) is 5.82 Å². The maximum Gasteiger partial charge on any atom is 0.224 e. The molecule has 0 aromatic carbocycles. The Morgan fingerprint density at radius 2 is 2.38 bits per heavy atom. The smallest absolute Gasteiger partial charge is 0.224 e. The van der Waals surface area contributed by atoms with Gasteiger partial charge >= 0.3 is 0 Å². The number of halogens is 2. The Morgan fingerprint density at radius 1 is 1.62 bits per heavy atom. The molecule has 0 spiro atoms. The van der Waals surface area contributed by atoms with Crippen LogP contribution >= 0.6 is 27.5 Å². The highest BCUT2D eigenvalue weighted by molar-refractivity contribution is 9.10. The third-order valence-corrected chi connectivity index (χ3v) is 3.40. The maximum absolute atomic E-state index is 5.73. The van der Waals surface area contributed by atoms with Gasteiger partial charge in [0.25, 0.3) is 0 Å². The van der Waals surface area contributed by atoms with Crippen LogP contribution in [-0.4, -0.2) is 41.0 Å². The van der Waals surface area contributed by atoms with Crippen molar-refractivity contribution in [2.45, 2.75) is 18.9 Å². The molecule has 0 atom stereocenters. The van der Waals surface area contributed by atoms with E-state index in [0.717, 1.165) is 29.4 Å². The lowest BCUT2D eigenvalue weighted by molar-refractivity contribution is 0.337. The topological polar surface area (TPSA) is 41.0 Å². The summed E-state index contributed by atoms with van der Waals surface area (Å²) in [7, 11) is 2.15. The standard InChI is InChI=1S/C10H14BrClN4/c1-16(7-2-3-7)5-4-13-9-8(11)6-14-10(12)15-9/h6-7H,2-5H2,1H3,(H,13,14,15). The van der Waals surface area contributed by atoms with E-state index in [0.29, 0.717) is 0 Å². The first-order valence-corrected chi connectivity index (χ1v) is 6.46. The molecule has 1 aliphatic rings. The predicted octanol–water partition coefficient (Wildman–Crippen LogP) is 2.40. The molecule has 1 aliphatic carbocycles. The molecule has 6 heteroatoms. The minimum Gasteiger partial charge on any atom is -0.368 e. The third kappa shape index (κ3) is 3.30. The van der Waals surface area contributed by atoms with Crippen LogP contribution in [0, 0.1) is 0 Å². The molecule has 2 rings (SSSR count). The average molecular weight is 306 g/mol. The molecule has 1 fully saturated rings. The zero-order valence-electron chi connectivity index (χ0n) is 9.08. The van der Waals surface area contributed by atoms with E-state index in [1.165, 1.54) is 12.8 Å². The predicted molar refractivity (Wildman–Crippen MR) is 68.9 cm³/mol. The fourth-order valence-corrected chi connectivity index (χ4v) is 1.98. The highest BCUT2D eigenvalue weighted by atomic mass is 79.9. The van der Waals surface area contributed by atoms with Crippen LogP contribution in [0.2, 0.25) is 5.28 Å². The Bertz CT molecular complexity index is 370. The normalized spacial score (nSPS) is 15.5. The summed E-state index contributed by atoms with van der Waals surface area (Å²) in [6.07, 6.45) is 4.32. The number of nitrogens with one attached hydrogen (secondary N) is 1. The average Bonchev–Trinajstić information content (AvgIpc) is 3.06. The van der Waals surface area contributed by atoms with Crippen LogP contribution in [0.3, 0.4) is 0 Å². The van der Waals surface area contributed by atoms with Crippen LogP contribution in [0.4, 0.5) is 5.82 Å². The molecule has 0 radical (unpaired) electrons. The number of rotatable bonds is 5. The van der Waals surface area contributed by atoms with Crippen molar-refractivity contribution in [2.24, 2.45) is 0 Å². The second-order valence-corrected chi connectivity index (χ2v) is 5.17. The van der Waals surface area contributed by atoms with Gasteiger partial charge in [0, 0.05) is 25.3 Å². The summed E-state index contributed by atoms with van der Waals surface area (Å²) in [5, 5.41) is 3.51. The summed E-state index contributed by atoms with van der Waals surface area (Å²) in [6.45, 7) is 1.87. The van der Waals surface area contributed by atoms with Crippen LogP contribution in [0.25, 0.3) is 0 Å². The Morgan fingerprint density at radius 3 is 3.06 bits per heavy atom. The van der Waals surface area contributed by atoms with Crippen LogP contribution in [0.5, 0.6) is 0 Å². The van der Waals surface area contributed by atoms with Crippen molar-refractivity contribution >= 4 is 33.3 Å². The fraction of sp³-hybridized carbons (Fsp3) is 0.600. The SMILES string of the molecule is CN(CCNc1nc(Cl)ncc1Br)C1CC1. The van der Waals surface area contributed by atoms with Crippen LogP contribution in [0.1, 0.15) is 12.8 Å². The second-order valence-electron chi connectivity index (χ2n) is 3.97. The minimum absolute atomic E-state index is 0.265. The summed E-state index contributed by atoms with van der Waals surface area (Å²) in [6, 6.07) is 0.791. The maximum atomic E-state index is 5.73. The summed E-state index contributed by atoms with van der Waals surface area (Å²) in [5.74, 6) is 0.754. The van der Waals surface area contributed by atoms with Crippen molar-refractivity contribution in [3.63, 3.8) is 0 Å². The lowest BCUT2D eigenvalue weighted by Gasteiger charge is -2.16. The Balaban J connectivity index is 1.81. The van der Waals surface area contributed by atoms with Crippen molar-refractivity contribution in [1.82, 2.24) is 14.9 Å². The van der Waals surface area contributed by atoms with E-state index in [1.54, 1.807) is 6.20 Å². The number of aromatic nitrogens is 2. The van der Waals surface area contributed by atoms with Crippen molar-refractivity contribution in [3.05, 3.63) is 16.0 Å². The molecule has 16 heavy (non-hydrogen) atoms. The van der Waals surface area contributed by atoms with Gasteiger partial charge in [-0.3, -0.25) is 0 Å². The number of likely N-dealkylation sites (N-methyl/N-ethyl adjacent to an activating group) is 1. The molecule has 1 heterocycles. The van der Waals surface area contributed by atoms with E-state index in [9.17, 15) is 0 Å². The minimum atomic E-state index is 0.265. The van der Waals surface area contributed by atoms with E-state index in [2.05, 4.69) is 43.2 Å². The highest BCUT2D eigenvalue weighted by Gasteiger charge is 2.25. The quantitative estimate of drug-likeness (QED) is 0.848. The lowest BCUT2D eigenvalue weighted by atomic mass is 10.5. The molecule has 4 nitrogen and oxygen atoms in total. The molecule has 0 aliphatic heterocycles. The molecular formula is C10H14BrClN4. The largest absolute Gasteiger partial charge is 0.368 e. The van der Waals surface area contributed by atoms with Gasteiger partial charge in [-0.25, -0.2) is 4.98 Å². The van der Waals surface area contributed by atoms with Crippen LogP contribution < -0.4 is 5.32 Å². The van der Waals surface area contributed by atoms with Crippen LogP contribution in [0.15, 0.2) is 10.7 Å². The summed E-state index contributed by atoms with van der Waals surface area (Å²) >= 11 is 9.10. The monoisotopic (exact) mass is 304 g/mol. The van der Waals surface area contributed by atoms with Gasteiger partial charge in [-0.15, -0.1) is 0 Å². The third-order valence-electron chi connectivity index (χ3n) is 2.64. The molecule has 88 valence electrons. The van der Waals surface area contributed by atoms with Crippen molar-refractivity contribution in [3.8, 4) is 0 Å². The first-order valence-electron chi connectivity index (χ1n) is 5.29. The lowest BCUT2D eigenvalue weighted by Crippen LogP contribution is -2.27. The van der Waals surface area contributed by atoms with Gasteiger partial charge in [-0.2, -0.15) is 4.98 Å². The first-order chi connectivity index (χ1) is 7.66. The van der Waals surface area contributed by atoms with Crippen molar-refractivity contribution in [1.29, 1.82) is 0 Å². The van der Waals surface area contributed by atoms with E-state index in [4.69, 9.17) is 11.6 Å². The fourth-order valence-electron chi connectivity index (χ4n) is 1.52. The number of nitrogens with zero attached hydrogens (tertiary/aromatic N) is 3.